The molecule has 6 rings (SSSR count). The van der Waals surface area contributed by atoms with Crippen molar-refractivity contribution in [2.24, 2.45) is 0 Å². The first-order valence-electron chi connectivity index (χ1n) is 12.9. The number of amides is 1. The van der Waals surface area contributed by atoms with Crippen molar-refractivity contribution in [3.63, 3.8) is 0 Å². The number of ether oxygens (including phenoxy) is 1. The number of carbonyl (C=O) groups excluding carboxylic acids is 1. The molecule has 0 aliphatic carbocycles. The van der Waals surface area contributed by atoms with Crippen molar-refractivity contribution < 1.29 is 13.9 Å². The van der Waals surface area contributed by atoms with E-state index in [0.29, 0.717) is 50.9 Å². The number of anilines is 1. The first-order valence-corrected chi connectivity index (χ1v) is 13.7. The highest BCUT2D eigenvalue weighted by molar-refractivity contribution is 6.31. The molecule has 0 fully saturated rings. The molecule has 1 amide bonds. The van der Waals surface area contributed by atoms with Gasteiger partial charge in [-0.05, 0) is 67.4 Å². The van der Waals surface area contributed by atoms with Crippen molar-refractivity contribution in [3.8, 4) is 28.1 Å². The Hall–Kier alpha value is -4.45. The Morgan fingerprint density at radius 2 is 1.88 bits per heavy atom. The third kappa shape index (κ3) is 5.54. The predicted octanol–water partition coefficient (Wildman–Crippen LogP) is 5.34. The van der Waals surface area contributed by atoms with Crippen molar-refractivity contribution in [1.29, 1.82) is 0 Å². The molecule has 0 saturated carbocycles. The Labute approximate surface area is 248 Å². The van der Waals surface area contributed by atoms with E-state index in [4.69, 9.17) is 27.9 Å². The molecule has 2 atom stereocenters. The molecule has 1 unspecified atom stereocenters. The molecular weight excluding hydrogens is 584 g/mol. The zero-order chi connectivity index (χ0) is 29.4. The molecule has 2 aromatic carbocycles. The number of benzene rings is 2. The number of fused-ring (bicyclic) bond motifs is 4. The lowest BCUT2D eigenvalue weighted by Crippen LogP contribution is -2.31. The molecule has 3 aromatic heterocycles. The lowest BCUT2D eigenvalue weighted by Gasteiger charge is -2.23. The third-order valence-corrected chi connectivity index (χ3v) is 7.33. The van der Waals surface area contributed by atoms with Crippen LogP contribution in [-0.2, 0) is 9.53 Å². The molecule has 4 heterocycles. The average molecular weight is 606 g/mol. The van der Waals surface area contributed by atoms with Crippen molar-refractivity contribution in [2.45, 2.75) is 25.5 Å². The standard InChI is InChI=1S/C29H22Cl2FN7O3/c1-16-29(41)35-22-4-3-19(32)12-20(22)17-6-8-33-24(10-17)26(7-9-42-16)38-15-34-23(13-28(38)40)21-11-18(30)2-5-25(21)39-14-27(31)36-37-39/h2-6,8,10-16,26H,7,9H2,1H3,(H,35,41)/t16?,26-/m0/s1. The SMILES string of the molecule is CC1OCC[C@H](n2cnc(-c3cc(Cl)ccc3-n3cc(Cl)nn3)cc2=O)c2cc(ccn2)-c2cc(F)ccc2NC1=O. The minimum atomic E-state index is -0.793. The van der Waals surface area contributed by atoms with Crippen LogP contribution in [0.1, 0.15) is 25.1 Å². The van der Waals surface area contributed by atoms with Crippen LogP contribution in [-0.4, -0.2) is 48.1 Å². The normalized spacial score (nSPS) is 17.1. The van der Waals surface area contributed by atoms with Gasteiger partial charge < -0.3 is 10.1 Å². The van der Waals surface area contributed by atoms with Gasteiger partial charge in [0.15, 0.2) is 5.15 Å². The average Bonchev–Trinajstić information content (AvgIpc) is 3.41. The molecule has 212 valence electrons. The largest absolute Gasteiger partial charge is 0.369 e. The molecule has 1 aliphatic heterocycles. The Balaban J connectivity index is 1.44. The van der Waals surface area contributed by atoms with E-state index in [1.165, 1.54) is 46.0 Å². The smallest absolute Gasteiger partial charge is 0.254 e. The number of aromatic nitrogens is 6. The summed E-state index contributed by atoms with van der Waals surface area (Å²) in [6.45, 7) is 1.78. The first kappa shape index (κ1) is 27.7. The number of hydrogen-bond acceptors (Lipinski definition) is 7. The van der Waals surface area contributed by atoms with Crippen LogP contribution in [0.4, 0.5) is 10.1 Å². The van der Waals surface area contributed by atoms with E-state index in [-0.39, 0.29) is 23.2 Å². The van der Waals surface area contributed by atoms with Gasteiger partial charge >= 0.3 is 0 Å². The zero-order valence-electron chi connectivity index (χ0n) is 22.0. The molecule has 5 aromatic rings. The molecule has 1 aliphatic rings. The van der Waals surface area contributed by atoms with Crippen LogP contribution >= 0.6 is 23.2 Å². The maximum absolute atomic E-state index is 14.3. The molecule has 0 saturated heterocycles. The Kier molecular flexibility index (Phi) is 7.55. The van der Waals surface area contributed by atoms with E-state index in [1.807, 2.05) is 0 Å². The van der Waals surface area contributed by atoms with Gasteiger partial charge in [-0.1, -0.05) is 28.4 Å². The van der Waals surface area contributed by atoms with E-state index < -0.39 is 18.0 Å². The summed E-state index contributed by atoms with van der Waals surface area (Å²) in [5.41, 5.74) is 3.21. The summed E-state index contributed by atoms with van der Waals surface area (Å²) in [6, 6.07) is 13.5. The number of nitrogens with one attached hydrogen (secondary N) is 1. The second kappa shape index (κ2) is 11.4. The van der Waals surface area contributed by atoms with Gasteiger partial charge in [0.1, 0.15) is 11.9 Å². The van der Waals surface area contributed by atoms with Gasteiger partial charge in [-0.15, -0.1) is 5.10 Å². The fourth-order valence-electron chi connectivity index (χ4n) is 4.82. The van der Waals surface area contributed by atoms with Crippen LogP contribution in [0.25, 0.3) is 28.1 Å². The highest BCUT2D eigenvalue weighted by Crippen LogP contribution is 2.33. The number of carbonyl (C=O) groups is 1. The van der Waals surface area contributed by atoms with Gasteiger partial charge in [0.05, 0.1) is 35.6 Å². The summed E-state index contributed by atoms with van der Waals surface area (Å²) in [5, 5.41) is 11.3. The summed E-state index contributed by atoms with van der Waals surface area (Å²) < 4.78 is 23.0. The number of halogens is 3. The lowest BCUT2D eigenvalue weighted by atomic mass is 10.0. The van der Waals surface area contributed by atoms with E-state index in [1.54, 1.807) is 43.5 Å². The van der Waals surface area contributed by atoms with Gasteiger partial charge in [0.2, 0.25) is 0 Å². The van der Waals surface area contributed by atoms with Crippen LogP contribution in [0.2, 0.25) is 10.2 Å². The van der Waals surface area contributed by atoms with Crippen LogP contribution in [0.3, 0.4) is 0 Å². The lowest BCUT2D eigenvalue weighted by molar-refractivity contribution is -0.126. The van der Waals surface area contributed by atoms with Gasteiger partial charge in [-0.3, -0.25) is 19.1 Å². The number of hydrogen-bond donors (Lipinski definition) is 1. The molecular formula is C29H22Cl2FN7O3. The molecule has 10 nitrogen and oxygen atoms in total. The monoisotopic (exact) mass is 605 g/mol. The van der Waals surface area contributed by atoms with Crippen molar-refractivity contribution in [2.75, 3.05) is 11.9 Å². The van der Waals surface area contributed by atoms with Crippen molar-refractivity contribution in [3.05, 3.63) is 105 Å². The summed E-state index contributed by atoms with van der Waals surface area (Å²) in [5.74, 6) is -0.831. The second-order valence-corrected chi connectivity index (χ2v) is 10.5. The predicted molar refractivity (Wildman–Crippen MR) is 155 cm³/mol. The van der Waals surface area contributed by atoms with Crippen molar-refractivity contribution in [1.82, 2.24) is 29.5 Å². The van der Waals surface area contributed by atoms with Crippen molar-refractivity contribution >= 4 is 34.8 Å². The number of nitrogens with zero attached hydrogens (tertiary/aromatic N) is 6. The Morgan fingerprint density at radius 3 is 2.67 bits per heavy atom. The summed E-state index contributed by atoms with van der Waals surface area (Å²) in [7, 11) is 0. The summed E-state index contributed by atoms with van der Waals surface area (Å²) in [4.78, 5) is 35.6. The Morgan fingerprint density at radius 1 is 1.02 bits per heavy atom. The fraction of sp³-hybridized carbons (Fsp3) is 0.172. The maximum Gasteiger partial charge on any atom is 0.254 e. The number of pyridine rings is 1. The molecule has 0 radical (unpaired) electrons. The van der Waals surface area contributed by atoms with Crippen LogP contribution in [0.15, 0.2) is 78.1 Å². The van der Waals surface area contributed by atoms with Gasteiger partial charge in [-0.25, -0.2) is 14.1 Å². The first-order chi connectivity index (χ1) is 20.3. The summed E-state index contributed by atoms with van der Waals surface area (Å²) >= 11 is 12.3. The maximum atomic E-state index is 14.3. The van der Waals surface area contributed by atoms with E-state index >= 15 is 0 Å². The molecule has 1 N–H and O–H groups in total. The van der Waals surface area contributed by atoms with E-state index in [2.05, 4.69) is 25.6 Å². The highest BCUT2D eigenvalue weighted by Gasteiger charge is 2.23. The van der Waals surface area contributed by atoms with Crippen LogP contribution in [0, 0.1) is 5.82 Å². The van der Waals surface area contributed by atoms with E-state index in [0.717, 1.165) is 0 Å². The van der Waals surface area contributed by atoms with Crippen LogP contribution < -0.4 is 10.9 Å². The molecule has 42 heavy (non-hydrogen) atoms. The van der Waals surface area contributed by atoms with Crippen LogP contribution in [0.5, 0.6) is 0 Å². The second-order valence-electron chi connectivity index (χ2n) is 9.63. The molecule has 13 heteroatoms. The minimum absolute atomic E-state index is 0.154. The minimum Gasteiger partial charge on any atom is -0.369 e. The topological polar surface area (TPSA) is 117 Å². The summed E-state index contributed by atoms with van der Waals surface area (Å²) in [6.07, 6.45) is 4.07. The Bertz CT molecular complexity index is 1880. The van der Waals surface area contributed by atoms with Gasteiger partial charge in [0, 0.05) is 40.7 Å². The fourth-order valence-corrected chi connectivity index (χ4v) is 5.12. The molecule has 2 bridgehead atoms. The quantitative estimate of drug-likeness (QED) is 0.295. The number of rotatable bonds is 3. The highest BCUT2D eigenvalue weighted by atomic mass is 35.5. The zero-order valence-corrected chi connectivity index (χ0v) is 23.6. The van der Waals surface area contributed by atoms with Gasteiger partial charge in [0.25, 0.3) is 11.5 Å². The molecule has 0 spiro atoms. The van der Waals surface area contributed by atoms with E-state index in [9.17, 15) is 14.0 Å². The third-order valence-electron chi connectivity index (χ3n) is 6.92. The van der Waals surface area contributed by atoms with Gasteiger partial charge in [-0.2, -0.15) is 0 Å².